The van der Waals surface area contributed by atoms with Gasteiger partial charge >= 0.3 is 0 Å². The molecule has 5 nitrogen and oxygen atoms in total. The largest absolute Gasteiger partial charge is 0.326 e. The van der Waals surface area contributed by atoms with Crippen LogP contribution in [0.2, 0.25) is 0 Å². The van der Waals surface area contributed by atoms with Gasteiger partial charge in [-0.2, -0.15) is 4.31 Å². The number of rotatable bonds is 3. The van der Waals surface area contributed by atoms with Gasteiger partial charge in [0.2, 0.25) is 10.0 Å². The van der Waals surface area contributed by atoms with Gasteiger partial charge in [0.25, 0.3) is 0 Å². The van der Waals surface area contributed by atoms with E-state index >= 15 is 0 Å². The lowest BCUT2D eigenvalue weighted by Crippen LogP contribution is -2.42. The minimum Gasteiger partial charge on any atom is -0.326 e. The van der Waals surface area contributed by atoms with Crippen LogP contribution >= 0.6 is 15.9 Å². The van der Waals surface area contributed by atoms with E-state index in [1.54, 1.807) is 13.0 Å². The maximum Gasteiger partial charge on any atom is 0.243 e. The van der Waals surface area contributed by atoms with Crippen molar-refractivity contribution in [1.29, 1.82) is 0 Å². The molecule has 1 fully saturated rings. The first-order valence-corrected chi connectivity index (χ1v) is 9.92. The zero-order chi connectivity index (χ0) is 14.9. The molecule has 1 heterocycles. The second-order valence-electron chi connectivity index (χ2n) is 4.66. The van der Waals surface area contributed by atoms with Gasteiger partial charge in [0.15, 0.2) is 0 Å². The molecule has 2 rings (SSSR count). The molecule has 0 aromatic heterocycles. The number of benzene rings is 1. The lowest BCUT2D eigenvalue weighted by Gasteiger charge is -2.26. The predicted molar refractivity (Wildman–Crippen MR) is 83.4 cm³/mol. The van der Waals surface area contributed by atoms with E-state index in [1.807, 2.05) is 6.07 Å². The summed E-state index contributed by atoms with van der Waals surface area (Å²) in [6, 6.07) is 3.46. The fourth-order valence-corrected chi connectivity index (χ4v) is 5.75. The molecule has 0 spiro atoms. The Morgan fingerprint density at radius 2 is 1.95 bits per heavy atom. The van der Waals surface area contributed by atoms with Crippen LogP contribution in [0.4, 0.5) is 0 Å². The summed E-state index contributed by atoms with van der Waals surface area (Å²) in [5.41, 5.74) is 7.05. The Balaban J connectivity index is 2.44. The van der Waals surface area contributed by atoms with Gasteiger partial charge < -0.3 is 5.73 Å². The van der Waals surface area contributed by atoms with Crippen LogP contribution in [-0.2, 0) is 27.4 Å². The van der Waals surface area contributed by atoms with Gasteiger partial charge in [-0.3, -0.25) is 4.21 Å². The molecule has 0 amide bonds. The van der Waals surface area contributed by atoms with E-state index in [0.717, 1.165) is 10.0 Å². The highest BCUT2D eigenvalue weighted by Gasteiger charge is 2.30. The van der Waals surface area contributed by atoms with Gasteiger partial charge in [0.05, 0.1) is 4.90 Å². The Morgan fingerprint density at radius 1 is 1.35 bits per heavy atom. The summed E-state index contributed by atoms with van der Waals surface area (Å²) < 4.78 is 38.9. The van der Waals surface area contributed by atoms with E-state index in [4.69, 9.17) is 5.73 Å². The number of halogens is 1. The average molecular weight is 381 g/mol. The number of sulfonamides is 1. The molecule has 0 saturated carbocycles. The summed E-state index contributed by atoms with van der Waals surface area (Å²) in [7, 11) is -4.46. The van der Waals surface area contributed by atoms with Crippen LogP contribution in [0.3, 0.4) is 0 Å². The van der Waals surface area contributed by atoms with E-state index in [1.165, 1.54) is 4.31 Å². The van der Waals surface area contributed by atoms with Crippen molar-refractivity contribution in [3.63, 3.8) is 0 Å². The third kappa shape index (κ3) is 3.14. The molecule has 0 radical (unpaired) electrons. The Labute approximate surface area is 130 Å². The first-order valence-electron chi connectivity index (χ1n) is 6.20. The monoisotopic (exact) mass is 380 g/mol. The summed E-state index contributed by atoms with van der Waals surface area (Å²) in [6.45, 7) is 2.66. The number of hydrogen-bond acceptors (Lipinski definition) is 4. The Kier molecular flexibility index (Phi) is 5.01. The molecule has 0 unspecified atom stereocenters. The number of hydrogen-bond donors (Lipinski definition) is 1. The predicted octanol–water partition coefficient (Wildman–Crippen LogP) is 0.969. The lowest BCUT2D eigenvalue weighted by atomic mass is 10.1. The van der Waals surface area contributed by atoms with Gasteiger partial charge in [-0.05, 0) is 30.2 Å². The molecule has 8 heteroatoms. The smallest absolute Gasteiger partial charge is 0.243 e. The van der Waals surface area contributed by atoms with Crippen molar-refractivity contribution < 1.29 is 12.6 Å². The van der Waals surface area contributed by atoms with E-state index in [2.05, 4.69) is 15.9 Å². The molecule has 0 bridgehead atoms. The molecule has 1 aliphatic rings. The summed E-state index contributed by atoms with van der Waals surface area (Å²) in [5.74, 6) is 0.798. The topological polar surface area (TPSA) is 80.5 Å². The fraction of sp³-hybridized carbons (Fsp3) is 0.500. The van der Waals surface area contributed by atoms with Crippen molar-refractivity contribution in [1.82, 2.24) is 4.31 Å². The van der Waals surface area contributed by atoms with Gasteiger partial charge in [-0.15, -0.1) is 0 Å². The molecule has 112 valence electrons. The molecule has 0 aliphatic carbocycles. The van der Waals surface area contributed by atoms with Crippen LogP contribution in [0.5, 0.6) is 0 Å². The third-order valence-electron chi connectivity index (χ3n) is 3.35. The highest BCUT2D eigenvalue weighted by Crippen LogP contribution is 2.28. The molecule has 1 aliphatic heterocycles. The average Bonchev–Trinajstić information content (AvgIpc) is 2.42. The molecule has 20 heavy (non-hydrogen) atoms. The Morgan fingerprint density at radius 3 is 2.50 bits per heavy atom. The minimum atomic E-state index is -3.56. The number of nitrogens with two attached hydrogens (primary N) is 1. The van der Waals surface area contributed by atoms with Crippen LogP contribution < -0.4 is 5.73 Å². The zero-order valence-corrected chi connectivity index (χ0v) is 14.4. The van der Waals surface area contributed by atoms with Gasteiger partial charge in [-0.1, -0.05) is 15.9 Å². The lowest BCUT2D eigenvalue weighted by molar-refractivity contribution is 0.438. The van der Waals surface area contributed by atoms with Gasteiger partial charge in [-0.25, -0.2) is 8.42 Å². The fourth-order valence-electron chi connectivity index (χ4n) is 2.09. The van der Waals surface area contributed by atoms with Crippen molar-refractivity contribution in [3.05, 3.63) is 27.7 Å². The van der Waals surface area contributed by atoms with Gasteiger partial charge in [0, 0.05) is 46.4 Å². The molecular formula is C12H17BrN2O3S2. The standard InChI is InChI=1S/C12H17BrN2O3S2/c1-9-11(13)6-10(8-14)7-12(9)20(17,18)15-2-4-19(16)5-3-15/h6-7H,2-5,8,14H2,1H3. The molecule has 2 N–H and O–H groups in total. The summed E-state index contributed by atoms with van der Waals surface area (Å²) in [6.07, 6.45) is 0. The third-order valence-corrected chi connectivity index (χ3v) is 7.47. The minimum absolute atomic E-state index is 0.278. The van der Waals surface area contributed by atoms with Crippen LogP contribution in [0.25, 0.3) is 0 Å². The SMILES string of the molecule is Cc1c(Br)cc(CN)cc1S(=O)(=O)N1CCS(=O)CC1. The Hall–Kier alpha value is -0.280. The quantitative estimate of drug-likeness (QED) is 0.846. The first kappa shape index (κ1) is 16.1. The summed E-state index contributed by atoms with van der Waals surface area (Å²) in [4.78, 5) is 0.278. The van der Waals surface area contributed by atoms with Crippen molar-refractivity contribution in [3.8, 4) is 0 Å². The van der Waals surface area contributed by atoms with E-state index in [-0.39, 0.29) is 11.4 Å². The van der Waals surface area contributed by atoms with E-state index in [0.29, 0.717) is 30.2 Å². The van der Waals surface area contributed by atoms with Crippen LogP contribution in [0.15, 0.2) is 21.5 Å². The maximum atomic E-state index is 12.7. The molecule has 1 aromatic rings. The second-order valence-corrected chi connectivity index (χ2v) is 9.11. The van der Waals surface area contributed by atoms with Crippen LogP contribution in [-0.4, -0.2) is 41.5 Å². The molecular weight excluding hydrogens is 364 g/mol. The first-order chi connectivity index (χ1) is 9.36. The zero-order valence-electron chi connectivity index (χ0n) is 11.1. The van der Waals surface area contributed by atoms with E-state index in [9.17, 15) is 12.6 Å². The highest BCUT2D eigenvalue weighted by atomic mass is 79.9. The van der Waals surface area contributed by atoms with Crippen LogP contribution in [0.1, 0.15) is 11.1 Å². The second kappa shape index (κ2) is 6.23. The van der Waals surface area contributed by atoms with Crippen molar-refractivity contribution in [2.45, 2.75) is 18.4 Å². The van der Waals surface area contributed by atoms with Crippen LogP contribution in [0, 0.1) is 6.92 Å². The van der Waals surface area contributed by atoms with Crippen molar-refractivity contribution >= 4 is 36.8 Å². The summed E-state index contributed by atoms with van der Waals surface area (Å²) in [5, 5.41) is 0. The Bertz CT molecular complexity index is 636. The molecule has 1 saturated heterocycles. The normalized spacial score (nSPS) is 18.4. The highest BCUT2D eigenvalue weighted by molar-refractivity contribution is 9.10. The molecule has 1 aromatic carbocycles. The van der Waals surface area contributed by atoms with Crippen molar-refractivity contribution in [2.24, 2.45) is 5.73 Å². The van der Waals surface area contributed by atoms with E-state index < -0.39 is 20.8 Å². The number of nitrogens with zero attached hydrogens (tertiary/aromatic N) is 1. The molecule has 0 atom stereocenters. The van der Waals surface area contributed by atoms with Crippen molar-refractivity contribution in [2.75, 3.05) is 24.6 Å². The summed E-state index contributed by atoms with van der Waals surface area (Å²) >= 11 is 3.38. The maximum absolute atomic E-state index is 12.7. The van der Waals surface area contributed by atoms with Gasteiger partial charge in [0.1, 0.15) is 0 Å².